The molecule has 4 heteroatoms. The minimum atomic E-state index is 0.260. The number of aryl methyl sites for hydroxylation is 1. The Bertz CT molecular complexity index is 988. The second-order valence-corrected chi connectivity index (χ2v) is 9.50. The molecule has 2 nitrogen and oxygen atoms in total. The minimum Gasteiger partial charge on any atom is -0.363 e. The van der Waals surface area contributed by atoms with Gasteiger partial charge in [-0.25, -0.2) is 0 Å². The Balaban J connectivity index is 1.52. The summed E-state index contributed by atoms with van der Waals surface area (Å²) >= 11 is 12.8. The van der Waals surface area contributed by atoms with E-state index in [2.05, 4.69) is 84.7 Å². The van der Waals surface area contributed by atoms with Crippen LogP contribution < -0.4 is 10.2 Å². The standard InChI is InChI=1S/C27H30Cl2N2/c1-19-8-13-26(25(29)16-19)31-15-14-24(17-27(31)22-9-11-23(28)12-10-22)30-18-20(2)21-6-4-3-5-7-21/h3-13,16,20,24,27,30H,14-15,17-18H2,1-2H3. The van der Waals surface area contributed by atoms with Crippen LogP contribution in [0.1, 0.15) is 48.4 Å². The predicted molar refractivity (Wildman–Crippen MR) is 134 cm³/mol. The van der Waals surface area contributed by atoms with Crippen molar-refractivity contribution >= 4 is 28.9 Å². The van der Waals surface area contributed by atoms with Gasteiger partial charge in [0.15, 0.2) is 0 Å². The number of nitrogens with one attached hydrogen (secondary N) is 1. The molecule has 0 radical (unpaired) electrons. The van der Waals surface area contributed by atoms with Crippen LogP contribution in [0.2, 0.25) is 10.0 Å². The fourth-order valence-electron chi connectivity index (χ4n) is 4.53. The number of halogens is 2. The van der Waals surface area contributed by atoms with Crippen LogP contribution in [0.5, 0.6) is 0 Å². The van der Waals surface area contributed by atoms with E-state index in [0.717, 1.165) is 41.7 Å². The maximum atomic E-state index is 6.67. The van der Waals surface area contributed by atoms with E-state index in [1.807, 2.05) is 12.1 Å². The average Bonchev–Trinajstić information content (AvgIpc) is 2.79. The van der Waals surface area contributed by atoms with E-state index >= 15 is 0 Å². The van der Waals surface area contributed by atoms with Crippen molar-refractivity contribution in [2.45, 2.75) is 44.7 Å². The molecule has 31 heavy (non-hydrogen) atoms. The SMILES string of the molecule is Cc1ccc(N2CCC(NCC(C)c3ccccc3)CC2c2ccc(Cl)cc2)c(Cl)c1. The van der Waals surface area contributed by atoms with Gasteiger partial charge in [0.1, 0.15) is 0 Å². The second kappa shape index (κ2) is 10.1. The fraction of sp³-hybridized carbons (Fsp3) is 0.333. The monoisotopic (exact) mass is 452 g/mol. The molecule has 1 fully saturated rings. The third kappa shape index (κ3) is 5.44. The number of piperidine rings is 1. The van der Waals surface area contributed by atoms with E-state index < -0.39 is 0 Å². The molecule has 0 spiro atoms. The first-order valence-electron chi connectivity index (χ1n) is 11.1. The van der Waals surface area contributed by atoms with Gasteiger partial charge in [-0.3, -0.25) is 0 Å². The van der Waals surface area contributed by atoms with Gasteiger partial charge in [-0.2, -0.15) is 0 Å². The highest BCUT2D eigenvalue weighted by molar-refractivity contribution is 6.33. The van der Waals surface area contributed by atoms with Gasteiger partial charge >= 0.3 is 0 Å². The molecule has 0 bridgehead atoms. The lowest BCUT2D eigenvalue weighted by atomic mass is 9.90. The zero-order valence-electron chi connectivity index (χ0n) is 18.2. The Morgan fingerprint density at radius 3 is 2.45 bits per heavy atom. The summed E-state index contributed by atoms with van der Waals surface area (Å²) in [5, 5.41) is 5.43. The summed E-state index contributed by atoms with van der Waals surface area (Å²) in [6.07, 6.45) is 2.13. The molecule has 1 N–H and O–H groups in total. The first-order valence-corrected chi connectivity index (χ1v) is 11.8. The molecule has 0 aliphatic carbocycles. The summed E-state index contributed by atoms with van der Waals surface area (Å²) in [5.74, 6) is 0.486. The van der Waals surface area contributed by atoms with Crippen LogP contribution in [0.15, 0.2) is 72.8 Å². The Hall–Kier alpha value is -2.00. The van der Waals surface area contributed by atoms with Gasteiger partial charge in [-0.05, 0) is 66.6 Å². The number of nitrogens with zero attached hydrogens (tertiary/aromatic N) is 1. The second-order valence-electron chi connectivity index (χ2n) is 8.66. The van der Waals surface area contributed by atoms with E-state index in [9.17, 15) is 0 Å². The van der Waals surface area contributed by atoms with Crippen LogP contribution >= 0.6 is 23.2 Å². The lowest BCUT2D eigenvalue weighted by molar-refractivity contribution is 0.355. The molecule has 0 aromatic heterocycles. The predicted octanol–water partition coefficient (Wildman–Crippen LogP) is 7.41. The van der Waals surface area contributed by atoms with E-state index in [0.29, 0.717) is 12.0 Å². The summed E-state index contributed by atoms with van der Waals surface area (Å²) in [5.41, 5.74) is 4.96. The lowest BCUT2D eigenvalue weighted by Gasteiger charge is -2.42. The van der Waals surface area contributed by atoms with Gasteiger partial charge in [0, 0.05) is 24.2 Å². The highest BCUT2D eigenvalue weighted by Gasteiger charge is 2.31. The van der Waals surface area contributed by atoms with Crippen LogP contribution in [0.4, 0.5) is 5.69 Å². The van der Waals surface area contributed by atoms with Crippen LogP contribution in [-0.4, -0.2) is 19.1 Å². The Kier molecular flexibility index (Phi) is 7.22. The zero-order chi connectivity index (χ0) is 21.8. The molecule has 3 aromatic rings. The van der Waals surface area contributed by atoms with Crippen molar-refractivity contribution in [2.24, 2.45) is 0 Å². The van der Waals surface area contributed by atoms with Crippen molar-refractivity contribution < 1.29 is 0 Å². The average molecular weight is 453 g/mol. The summed E-state index contributed by atoms with van der Waals surface area (Å²) in [6, 6.07) is 26.1. The van der Waals surface area contributed by atoms with Crippen LogP contribution in [0, 0.1) is 6.92 Å². The molecule has 3 atom stereocenters. The summed E-state index contributed by atoms with van der Waals surface area (Å²) < 4.78 is 0. The number of anilines is 1. The largest absolute Gasteiger partial charge is 0.363 e. The van der Waals surface area contributed by atoms with Crippen molar-refractivity contribution in [3.05, 3.63) is 99.5 Å². The minimum absolute atomic E-state index is 0.260. The highest BCUT2D eigenvalue weighted by atomic mass is 35.5. The zero-order valence-corrected chi connectivity index (χ0v) is 19.7. The molecular formula is C27H30Cl2N2. The molecule has 3 aromatic carbocycles. The molecule has 1 aliphatic rings. The molecule has 1 saturated heterocycles. The van der Waals surface area contributed by atoms with Crippen LogP contribution in [0.25, 0.3) is 0 Å². The van der Waals surface area contributed by atoms with Gasteiger partial charge in [-0.1, -0.05) is 78.7 Å². The normalized spacial score (nSPS) is 19.9. The van der Waals surface area contributed by atoms with E-state index in [4.69, 9.17) is 23.2 Å². The summed E-state index contributed by atoms with van der Waals surface area (Å²) in [7, 11) is 0. The highest BCUT2D eigenvalue weighted by Crippen LogP contribution is 2.39. The maximum absolute atomic E-state index is 6.67. The van der Waals surface area contributed by atoms with Crippen LogP contribution in [-0.2, 0) is 0 Å². The number of benzene rings is 3. The maximum Gasteiger partial charge on any atom is 0.0642 e. The third-order valence-electron chi connectivity index (χ3n) is 6.35. The molecule has 0 amide bonds. The molecular weight excluding hydrogens is 423 g/mol. The Morgan fingerprint density at radius 1 is 1.00 bits per heavy atom. The van der Waals surface area contributed by atoms with Gasteiger partial charge in [0.25, 0.3) is 0 Å². The smallest absolute Gasteiger partial charge is 0.0642 e. The summed E-state index contributed by atoms with van der Waals surface area (Å²) in [4.78, 5) is 2.46. The Labute approximate surface area is 196 Å². The van der Waals surface area contributed by atoms with Gasteiger partial charge < -0.3 is 10.2 Å². The van der Waals surface area contributed by atoms with Crippen LogP contribution in [0.3, 0.4) is 0 Å². The molecule has 4 rings (SSSR count). The first kappa shape index (κ1) is 22.2. The van der Waals surface area contributed by atoms with Crippen molar-refractivity contribution in [3.63, 3.8) is 0 Å². The van der Waals surface area contributed by atoms with E-state index in [1.54, 1.807) is 0 Å². The topological polar surface area (TPSA) is 15.3 Å². The quantitative estimate of drug-likeness (QED) is 0.418. The van der Waals surface area contributed by atoms with Gasteiger partial charge in [0.05, 0.1) is 16.8 Å². The lowest BCUT2D eigenvalue weighted by Crippen LogP contribution is -2.45. The van der Waals surface area contributed by atoms with Crippen molar-refractivity contribution in [2.75, 3.05) is 18.0 Å². The number of hydrogen-bond acceptors (Lipinski definition) is 2. The van der Waals surface area contributed by atoms with E-state index in [1.165, 1.54) is 16.7 Å². The first-order chi connectivity index (χ1) is 15.0. The van der Waals surface area contributed by atoms with Crippen molar-refractivity contribution in [1.29, 1.82) is 0 Å². The molecule has 1 aliphatic heterocycles. The third-order valence-corrected chi connectivity index (χ3v) is 6.91. The molecule has 3 unspecified atom stereocenters. The number of hydrogen-bond donors (Lipinski definition) is 1. The fourth-order valence-corrected chi connectivity index (χ4v) is 5.00. The Morgan fingerprint density at radius 2 is 1.74 bits per heavy atom. The molecule has 162 valence electrons. The summed E-state index contributed by atoms with van der Waals surface area (Å²) in [6.45, 7) is 6.32. The van der Waals surface area contributed by atoms with Crippen molar-refractivity contribution in [1.82, 2.24) is 5.32 Å². The molecule has 1 heterocycles. The molecule has 0 saturated carbocycles. The van der Waals surface area contributed by atoms with E-state index in [-0.39, 0.29) is 6.04 Å². The van der Waals surface area contributed by atoms with Gasteiger partial charge in [0.2, 0.25) is 0 Å². The number of rotatable bonds is 6. The van der Waals surface area contributed by atoms with Gasteiger partial charge in [-0.15, -0.1) is 0 Å². The van der Waals surface area contributed by atoms with Crippen molar-refractivity contribution in [3.8, 4) is 0 Å².